The minimum atomic E-state index is -0.364. The number of rotatable bonds is 1. The Hall–Kier alpha value is -1.36. The summed E-state index contributed by atoms with van der Waals surface area (Å²) in [6.07, 6.45) is 5.10. The molecule has 2 rings (SSSR count). The third-order valence-electron chi connectivity index (χ3n) is 2.55. The van der Waals surface area contributed by atoms with Crippen LogP contribution in [-0.4, -0.2) is 11.1 Å². The van der Waals surface area contributed by atoms with Crippen molar-refractivity contribution >= 4 is 5.91 Å². The van der Waals surface area contributed by atoms with Crippen molar-refractivity contribution in [3.05, 3.63) is 17.0 Å². The van der Waals surface area contributed by atoms with Crippen molar-refractivity contribution in [2.24, 2.45) is 5.84 Å². The monoisotopic (exact) mass is 195 g/mol. The highest BCUT2D eigenvalue weighted by molar-refractivity contribution is 5.93. The summed E-state index contributed by atoms with van der Waals surface area (Å²) < 4.78 is 5.12. The number of hydrogen-bond acceptors (Lipinski definition) is 4. The number of carbonyl (C=O) groups excluding carboxylic acids is 1. The van der Waals surface area contributed by atoms with Crippen molar-refractivity contribution in [1.82, 2.24) is 10.6 Å². The van der Waals surface area contributed by atoms with Crippen LogP contribution in [0, 0.1) is 0 Å². The Morgan fingerprint density at radius 3 is 2.93 bits per heavy atom. The summed E-state index contributed by atoms with van der Waals surface area (Å²) in [6, 6.07) is 0. The first-order valence-electron chi connectivity index (χ1n) is 4.81. The van der Waals surface area contributed by atoms with Gasteiger partial charge >= 0.3 is 0 Å². The molecule has 5 heteroatoms. The smallest absolute Gasteiger partial charge is 0.287 e. The molecule has 0 saturated carbocycles. The number of aromatic nitrogens is 1. The second-order valence-corrected chi connectivity index (χ2v) is 3.47. The van der Waals surface area contributed by atoms with Crippen LogP contribution >= 0.6 is 0 Å². The van der Waals surface area contributed by atoms with Gasteiger partial charge in [0.15, 0.2) is 5.69 Å². The lowest BCUT2D eigenvalue weighted by Crippen LogP contribution is -2.31. The van der Waals surface area contributed by atoms with Gasteiger partial charge < -0.3 is 4.52 Å². The van der Waals surface area contributed by atoms with E-state index in [1.165, 1.54) is 6.42 Å². The zero-order valence-corrected chi connectivity index (χ0v) is 7.88. The molecule has 1 aliphatic carbocycles. The maximum absolute atomic E-state index is 11.3. The van der Waals surface area contributed by atoms with Crippen molar-refractivity contribution < 1.29 is 9.32 Å². The number of aryl methyl sites for hydroxylation is 1. The summed E-state index contributed by atoms with van der Waals surface area (Å²) in [6.45, 7) is 0. The number of nitrogens with two attached hydrogens (primary N) is 1. The lowest BCUT2D eigenvalue weighted by atomic mass is 10.1. The summed E-state index contributed by atoms with van der Waals surface area (Å²) in [4.78, 5) is 11.3. The molecule has 0 aromatic carbocycles. The molecule has 0 spiro atoms. The zero-order valence-electron chi connectivity index (χ0n) is 7.88. The molecular formula is C9H13N3O2. The van der Waals surface area contributed by atoms with Crippen LogP contribution in [0.15, 0.2) is 4.52 Å². The molecule has 3 N–H and O–H groups in total. The first-order valence-corrected chi connectivity index (χ1v) is 4.81. The highest BCUT2D eigenvalue weighted by Crippen LogP contribution is 2.23. The van der Waals surface area contributed by atoms with Crippen LogP contribution in [-0.2, 0) is 12.8 Å². The minimum absolute atomic E-state index is 0.351. The van der Waals surface area contributed by atoms with Gasteiger partial charge in [0.1, 0.15) is 5.76 Å². The molecule has 5 nitrogen and oxygen atoms in total. The fraction of sp³-hybridized carbons (Fsp3) is 0.556. The molecule has 14 heavy (non-hydrogen) atoms. The van der Waals surface area contributed by atoms with Crippen LogP contribution in [0.1, 0.15) is 41.1 Å². The number of carbonyl (C=O) groups is 1. The van der Waals surface area contributed by atoms with Crippen molar-refractivity contribution in [2.45, 2.75) is 32.1 Å². The van der Waals surface area contributed by atoms with Crippen LogP contribution in [0.25, 0.3) is 0 Å². The molecule has 0 unspecified atom stereocenters. The van der Waals surface area contributed by atoms with Gasteiger partial charge in [0, 0.05) is 12.0 Å². The van der Waals surface area contributed by atoms with E-state index in [-0.39, 0.29) is 5.91 Å². The fourth-order valence-corrected chi connectivity index (χ4v) is 1.81. The fourth-order valence-electron chi connectivity index (χ4n) is 1.81. The van der Waals surface area contributed by atoms with E-state index >= 15 is 0 Å². The van der Waals surface area contributed by atoms with Crippen LogP contribution in [0.3, 0.4) is 0 Å². The summed E-state index contributed by atoms with van der Waals surface area (Å²) in [7, 11) is 0. The molecule has 0 saturated heterocycles. The summed E-state index contributed by atoms with van der Waals surface area (Å²) in [5.74, 6) is 5.54. The first-order chi connectivity index (χ1) is 6.83. The van der Waals surface area contributed by atoms with Crippen molar-refractivity contribution in [3.63, 3.8) is 0 Å². The molecule has 0 radical (unpaired) electrons. The standard InChI is InChI=1S/C9H13N3O2/c10-11-9(13)8-6-4-2-1-3-5-7(6)14-12-8/h1-5,10H2,(H,11,13). The predicted molar refractivity (Wildman–Crippen MR) is 49.4 cm³/mol. The average molecular weight is 195 g/mol. The van der Waals surface area contributed by atoms with E-state index in [0.717, 1.165) is 37.0 Å². The normalized spacial score (nSPS) is 15.8. The maximum Gasteiger partial charge on any atom is 0.287 e. The number of nitrogens with one attached hydrogen (secondary N) is 1. The Morgan fingerprint density at radius 1 is 1.36 bits per heavy atom. The van der Waals surface area contributed by atoms with E-state index in [0.29, 0.717) is 5.69 Å². The third kappa shape index (κ3) is 1.50. The highest BCUT2D eigenvalue weighted by atomic mass is 16.5. The number of fused-ring (bicyclic) bond motifs is 1. The molecule has 0 atom stereocenters. The van der Waals surface area contributed by atoms with Gasteiger partial charge in [0.05, 0.1) is 0 Å². The largest absolute Gasteiger partial charge is 0.360 e. The molecule has 1 aliphatic rings. The Bertz CT molecular complexity index is 346. The number of hydrazine groups is 1. The van der Waals surface area contributed by atoms with E-state index in [9.17, 15) is 4.79 Å². The number of amides is 1. The molecule has 0 fully saturated rings. The van der Waals surface area contributed by atoms with Crippen molar-refractivity contribution in [1.29, 1.82) is 0 Å². The van der Waals surface area contributed by atoms with Crippen LogP contribution in [0.5, 0.6) is 0 Å². The second kappa shape index (κ2) is 3.79. The molecule has 0 aliphatic heterocycles. The molecule has 1 amide bonds. The van der Waals surface area contributed by atoms with Gasteiger partial charge in [-0.05, 0) is 19.3 Å². The molecule has 1 aromatic heterocycles. The quantitative estimate of drug-likeness (QED) is 0.297. The van der Waals surface area contributed by atoms with E-state index < -0.39 is 0 Å². The van der Waals surface area contributed by atoms with Gasteiger partial charge in [-0.15, -0.1) is 0 Å². The molecular weight excluding hydrogens is 182 g/mol. The van der Waals surface area contributed by atoms with E-state index in [4.69, 9.17) is 10.4 Å². The number of nitrogens with zero attached hydrogens (tertiary/aromatic N) is 1. The molecule has 0 bridgehead atoms. The summed E-state index contributed by atoms with van der Waals surface area (Å²) in [5.41, 5.74) is 3.36. The van der Waals surface area contributed by atoms with Gasteiger partial charge in [-0.3, -0.25) is 10.2 Å². The van der Waals surface area contributed by atoms with Gasteiger partial charge in [0.2, 0.25) is 0 Å². The van der Waals surface area contributed by atoms with Crippen molar-refractivity contribution in [2.75, 3.05) is 0 Å². The van der Waals surface area contributed by atoms with Gasteiger partial charge in [-0.2, -0.15) is 0 Å². The molecule has 76 valence electrons. The second-order valence-electron chi connectivity index (χ2n) is 3.47. The average Bonchev–Trinajstić information content (AvgIpc) is 2.46. The zero-order chi connectivity index (χ0) is 9.97. The van der Waals surface area contributed by atoms with E-state index in [1.54, 1.807) is 0 Å². The Labute approximate surface area is 81.6 Å². The lowest BCUT2D eigenvalue weighted by molar-refractivity contribution is 0.0943. The van der Waals surface area contributed by atoms with E-state index in [1.807, 2.05) is 0 Å². The highest BCUT2D eigenvalue weighted by Gasteiger charge is 2.22. The van der Waals surface area contributed by atoms with Crippen molar-refractivity contribution in [3.8, 4) is 0 Å². The Kier molecular flexibility index (Phi) is 2.49. The predicted octanol–water partition coefficient (Wildman–Crippen LogP) is 0.547. The van der Waals surface area contributed by atoms with Crippen LogP contribution in [0.2, 0.25) is 0 Å². The lowest BCUT2D eigenvalue weighted by Gasteiger charge is -1.97. The van der Waals surface area contributed by atoms with Crippen LogP contribution < -0.4 is 11.3 Å². The van der Waals surface area contributed by atoms with Gasteiger partial charge in [-0.25, -0.2) is 5.84 Å². The maximum atomic E-state index is 11.3. The van der Waals surface area contributed by atoms with Gasteiger partial charge in [-0.1, -0.05) is 11.6 Å². The number of nitrogen functional groups attached to an aromatic ring is 1. The Morgan fingerprint density at radius 2 is 2.14 bits per heavy atom. The Balaban J connectivity index is 2.34. The summed E-state index contributed by atoms with van der Waals surface area (Å²) in [5, 5.41) is 3.74. The SMILES string of the molecule is NNC(=O)c1noc2c1CCCCC2. The van der Waals surface area contributed by atoms with E-state index in [2.05, 4.69) is 10.6 Å². The molecule has 1 heterocycles. The third-order valence-corrected chi connectivity index (χ3v) is 2.55. The minimum Gasteiger partial charge on any atom is -0.360 e. The number of hydrogen-bond donors (Lipinski definition) is 2. The first kappa shape index (κ1) is 9.21. The summed E-state index contributed by atoms with van der Waals surface area (Å²) >= 11 is 0. The van der Waals surface area contributed by atoms with Gasteiger partial charge in [0.25, 0.3) is 5.91 Å². The topological polar surface area (TPSA) is 81.1 Å². The van der Waals surface area contributed by atoms with Crippen LogP contribution in [0.4, 0.5) is 0 Å². The molecule has 1 aromatic rings.